The van der Waals surface area contributed by atoms with Crippen LogP contribution in [0, 0.1) is 0 Å². The van der Waals surface area contributed by atoms with Crippen molar-refractivity contribution < 1.29 is 4.79 Å². The predicted octanol–water partition coefficient (Wildman–Crippen LogP) is 4.85. The van der Waals surface area contributed by atoms with Crippen LogP contribution in [0.15, 0.2) is 65.3 Å². The molecule has 1 saturated heterocycles. The summed E-state index contributed by atoms with van der Waals surface area (Å²) in [6.07, 6.45) is 3.04. The average Bonchev–Trinajstić information content (AvgIpc) is 3.22. The van der Waals surface area contributed by atoms with Crippen molar-refractivity contribution in [1.29, 1.82) is 0 Å². The number of aryl methyl sites for hydroxylation is 1. The van der Waals surface area contributed by atoms with Crippen LogP contribution in [0.3, 0.4) is 0 Å². The van der Waals surface area contributed by atoms with E-state index in [4.69, 9.17) is 0 Å². The highest BCUT2D eigenvalue weighted by Crippen LogP contribution is 2.30. The van der Waals surface area contributed by atoms with E-state index in [-0.39, 0.29) is 5.91 Å². The molecular formula is C23H24BrN3OS. The van der Waals surface area contributed by atoms with Crippen LogP contribution >= 0.6 is 27.3 Å². The Kier molecular flexibility index (Phi) is 6.74. The Hall–Kier alpha value is -2.02. The van der Waals surface area contributed by atoms with E-state index in [1.165, 1.54) is 15.3 Å². The van der Waals surface area contributed by atoms with Crippen LogP contribution < -0.4 is 0 Å². The molecule has 6 heteroatoms. The Labute approximate surface area is 184 Å². The summed E-state index contributed by atoms with van der Waals surface area (Å²) in [5.74, 6) is 0.240. The van der Waals surface area contributed by atoms with Crippen molar-refractivity contribution in [2.75, 3.05) is 26.2 Å². The third kappa shape index (κ3) is 5.53. The lowest BCUT2D eigenvalue weighted by atomic mass is 10.2. The smallest absolute Gasteiger partial charge is 0.223 e. The molecule has 1 aliphatic rings. The standard InChI is InChI=1S/C23H24BrN3OS/c24-19-6-4-18(5-7-19)22-10-9-21(29-22)17-26-13-15-27(16-14-26)23(28)11-8-20-3-1-2-12-25-20/h1-7,9-10,12H,8,11,13-17H2. The highest BCUT2D eigenvalue weighted by Gasteiger charge is 2.21. The van der Waals surface area contributed by atoms with E-state index >= 15 is 0 Å². The fraction of sp³-hybridized carbons (Fsp3) is 0.304. The lowest BCUT2D eigenvalue weighted by Crippen LogP contribution is -2.48. The average molecular weight is 470 g/mol. The number of piperazine rings is 1. The first-order valence-electron chi connectivity index (χ1n) is 9.92. The van der Waals surface area contributed by atoms with Crippen LogP contribution in [0.4, 0.5) is 0 Å². The normalized spacial score (nSPS) is 14.9. The molecule has 1 fully saturated rings. The number of halogens is 1. The van der Waals surface area contributed by atoms with Crippen molar-refractivity contribution in [3.8, 4) is 10.4 Å². The van der Waals surface area contributed by atoms with Crippen molar-refractivity contribution in [2.24, 2.45) is 0 Å². The van der Waals surface area contributed by atoms with Crippen LogP contribution in [0.5, 0.6) is 0 Å². The van der Waals surface area contributed by atoms with Crippen LogP contribution in [-0.4, -0.2) is 46.9 Å². The van der Waals surface area contributed by atoms with E-state index in [1.807, 2.05) is 34.4 Å². The number of nitrogens with zero attached hydrogens (tertiary/aromatic N) is 3. The summed E-state index contributed by atoms with van der Waals surface area (Å²) in [4.78, 5) is 23.9. The molecule has 0 bridgehead atoms. The van der Waals surface area contributed by atoms with E-state index in [2.05, 4.69) is 62.2 Å². The van der Waals surface area contributed by atoms with Gasteiger partial charge in [0.1, 0.15) is 0 Å². The van der Waals surface area contributed by atoms with Gasteiger partial charge >= 0.3 is 0 Å². The van der Waals surface area contributed by atoms with Crippen molar-refractivity contribution >= 4 is 33.2 Å². The second-order valence-electron chi connectivity index (χ2n) is 7.25. The number of benzene rings is 1. The van der Waals surface area contributed by atoms with Crippen molar-refractivity contribution in [3.63, 3.8) is 0 Å². The number of amides is 1. The molecule has 0 aliphatic carbocycles. The van der Waals surface area contributed by atoms with Gasteiger partial charge in [0.15, 0.2) is 0 Å². The second-order valence-corrected chi connectivity index (χ2v) is 9.33. The molecule has 1 aliphatic heterocycles. The number of thiophene rings is 1. The molecule has 0 atom stereocenters. The topological polar surface area (TPSA) is 36.4 Å². The Morgan fingerprint density at radius 3 is 2.52 bits per heavy atom. The summed E-state index contributed by atoms with van der Waals surface area (Å²) in [5.41, 5.74) is 2.24. The van der Waals surface area contributed by atoms with Crippen molar-refractivity contribution in [2.45, 2.75) is 19.4 Å². The van der Waals surface area contributed by atoms with Gasteiger partial charge in [-0.15, -0.1) is 11.3 Å². The third-order valence-electron chi connectivity index (χ3n) is 5.22. The Morgan fingerprint density at radius 2 is 1.79 bits per heavy atom. The van der Waals surface area contributed by atoms with Gasteiger partial charge in [-0.3, -0.25) is 14.7 Å². The highest BCUT2D eigenvalue weighted by atomic mass is 79.9. The zero-order chi connectivity index (χ0) is 20.1. The van der Waals surface area contributed by atoms with Crippen molar-refractivity contribution in [3.05, 3.63) is 75.8 Å². The minimum atomic E-state index is 0.240. The third-order valence-corrected chi connectivity index (χ3v) is 6.86. The van der Waals surface area contributed by atoms with Gasteiger partial charge in [-0.05, 0) is 48.4 Å². The Morgan fingerprint density at radius 1 is 1.00 bits per heavy atom. The SMILES string of the molecule is O=C(CCc1ccccn1)N1CCN(Cc2ccc(-c3ccc(Br)cc3)s2)CC1. The largest absolute Gasteiger partial charge is 0.340 e. The van der Waals surface area contributed by atoms with Crippen LogP contribution in [0.2, 0.25) is 0 Å². The van der Waals surface area contributed by atoms with E-state index in [1.54, 1.807) is 6.20 Å². The maximum absolute atomic E-state index is 12.5. The molecule has 0 spiro atoms. The summed E-state index contributed by atoms with van der Waals surface area (Å²) in [6.45, 7) is 4.44. The van der Waals surface area contributed by atoms with E-state index < -0.39 is 0 Å². The molecule has 3 aromatic rings. The summed E-state index contributed by atoms with van der Waals surface area (Å²) in [6, 6.07) is 18.8. The van der Waals surface area contributed by atoms with Gasteiger partial charge in [-0.2, -0.15) is 0 Å². The summed E-state index contributed by atoms with van der Waals surface area (Å²) in [7, 11) is 0. The van der Waals surface area contributed by atoms with Gasteiger partial charge in [-0.25, -0.2) is 0 Å². The van der Waals surface area contributed by atoms with Gasteiger partial charge in [-0.1, -0.05) is 34.1 Å². The molecule has 0 N–H and O–H groups in total. The molecule has 4 nitrogen and oxygen atoms in total. The number of carbonyl (C=O) groups is 1. The number of aromatic nitrogens is 1. The molecule has 2 aromatic heterocycles. The second kappa shape index (κ2) is 9.65. The number of rotatable bonds is 6. The van der Waals surface area contributed by atoms with Gasteiger partial charge in [0, 0.05) is 65.3 Å². The molecule has 0 saturated carbocycles. The maximum atomic E-state index is 12.5. The number of pyridine rings is 1. The quantitative estimate of drug-likeness (QED) is 0.517. The molecule has 1 amide bonds. The van der Waals surface area contributed by atoms with E-state index in [9.17, 15) is 4.79 Å². The zero-order valence-corrected chi connectivity index (χ0v) is 18.7. The van der Waals surface area contributed by atoms with E-state index in [0.29, 0.717) is 12.8 Å². The number of hydrogen-bond donors (Lipinski definition) is 0. The maximum Gasteiger partial charge on any atom is 0.223 e. The Bertz CT molecular complexity index is 934. The summed E-state index contributed by atoms with van der Waals surface area (Å²) >= 11 is 5.34. The van der Waals surface area contributed by atoms with Crippen LogP contribution in [0.1, 0.15) is 17.0 Å². The fourth-order valence-electron chi connectivity index (χ4n) is 3.55. The van der Waals surface area contributed by atoms with Gasteiger partial charge in [0.2, 0.25) is 5.91 Å². The summed E-state index contributed by atoms with van der Waals surface area (Å²) in [5, 5.41) is 0. The fourth-order valence-corrected chi connectivity index (χ4v) is 4.87. The van der Waals surface area contributed by atoms with Crippen LogP contribution in [0.25, 0.3) is 10.4 Å². The van der Waals surface area contributed by atoms with Gasteiger partial charge < -0.3 is 4.90 Å². The first-order chi connectivity index (χ1) is 14.2. The first-order valence-corrected chi connectivity index (χ1v) is 11.5. The molecule has 29 heavy (non-hydrogen) atoms. The number of hydrogen-bond acceptors (Lipinski definition) is 4. The summed E-state index contributed by atoms with van der Waals surface area (Å²) < 4.78 is 1.10. The van der Waals surface area contributed by atoms with Gasteiger partial charge in [0.25, 0.3) is 0 Å². The van der Waals surface area contributed by atoms with E-state index in [0.717, 1.165) is 42.9 Å². The molecule has 4 rings (SSSR count). The monoisotopic (exact) mass is 469 g/mol. The molecule has 0 unspecified atom stereocenters. The highest BCUT2D eigenvalue weighted by molar-refractivity contribution is 9.10. The minimum Gasteiger partial charge on any atom is -0.340 e. The lowest BCUT2D eigenvalue weighted by Gasteiger charge is -2.34. The molecule has 1 aromatic carbocycles. The molecule has 150 valence electrons. The predicted molar refractivity (Wildman–Crippen MR) is 122 cm³/mol. The number of carbonyl (C=O) groups excluding carboxylic acids is 1. The molecule has 3 heterocycles. The van der Waals surface area contributed by atoms with Crippen molar-refractivity contribution in [1.82, 2.24) is 14.8 Å². The lowest BCUT2D eigenvalue weighted by molar-refractivity contribution is -0.133. The van der Waals surface area contributed by atoms with Crippen LogP contribution in [-0.2, 0) is 17.8 Å². The molecular weight excluding hydrogens is 446 g/mol. The minimum absolute atomic E-state index is 0.240. The molecule has 0 radical (unpaired) electrons. The zero-order valence-electron chi connectivity index (χ0n) is 16.3. The van der Waals surface area contributed by atoms with Gasteiger partial charge in [0.05, 0.1) is 0 Å². The first kappa shape index (κ1) is 20.3. The Balaban J connectivity index is 1.25.